The summed E-state index contributed by atoms with van der Waals surface area (Å²) >= 11 is 0. The van der Waals surface area contributed by atoms with Gasteiger partial charge < -0.3 is 0 Å². The van der Waals surface area contributed by atoms with Crippen LogP contribution in [0.25, 0.3) is 0 Å². The second-order valence-corrected chi connectivity index (χ2v) is 2.18. The van der Waals surface area contributed by atoms with E-state index in [0.29, 0.717) is 0 Å². The first kappa shape index (κ1) is 8.49. The van der Waals surface area contributed by atoms with Crippen molar-refractivity contribution in [1.82, 2.24) is 0 Å². The summed E-state index contributed by atoms with van der Waals surface area (Å²) in [6.07, 6.45) is 6.47. The van der Waals surface area contributed by atoms with Crippen LogP contribution in [0.5, 0.6) is 0 Å². The van der Waals surface area contributed by atoms with Gasteiger partial charge in [-0.3, -0.25) is 0 Å². The van der Waals surface area contributed by atoms with Gasteiger partial charge in [-0.05, 0) is 6.42 Å². The first-order valence-corrected chi connectivity index (χ1v) is 3.58. The van der Waals surface area contributed by atoms with Crippen molar-refractivity contribution in [2.24, 2.45) is 0 Å². The van der Waals surface area contributed by atoms with E-state index in [1.165, 1.54) is 19.3 Å². The third-order valence-electron chi connectivity index (χ3n) is 1.29. The molecule has 0 aromatic rings. The lowest BCUT2D eigenvalue weighted by atomic mass is 10.1. The Kier molecular flexibility index (Phi) is 7.07. The molecule has 1 radical (unpaired) electrons. The topological polar surface area (TPSA) is 23.8 Å². The molecular weight excluding hydrogens is 110 g/mol. The SMILES string of the molecule is [CH2]CCCCCCC#N. The molecule has 1 nitrogen and oxygen atoms in total. The number of nitriles is 1. The molecule has 0 aliphatic carbocycles. The number of hydrogen-bond acceptors (Lipinski definition) is 1. The molecule has 0 aromatic heterocycles. The largest absolute Gasteiger partial charge is 0.198 e. The summed E-state index contributed by atoms with van der Waals surface area (Å²) in [6.45, 7) is 3.74. The third kappa shape index (κ3) is 7.49. The van der Waals surface area contributed by atoms with Gasteiger partial charge in [0, 0.05) is 6.42 Å². The maximum atomic E-state index is 8.16. The maximum Gasteiger partial charge on any atom is 0.0621 e. The summed E-state index contributed by atoms with van der Waals surface area (Å²) in [4.78, 5) is 0. The van der Waals surface area contributed by atoms with E-state index in [-0.39, 0.29) is 0 Å². The predicted octanol–water partition coefficient (Wildman–Crippen LogP) is 2.68. The minimum Gasteiger partial charge on any atom is -0.198 e. The number of rotatable bonds is 5. The van der Waals surface area contributed by atoms with E-state index < -0.39 is 0 Å². The summed E-state index contributed by atoms with van der Waals surface area (Å²) in [5.74, 6) is 0. The zero-order valence-corrected chi connectivity index (χ0v) is 5.90. The van der Waals surface area contributed by atoms with E-state index in [2.05, 4.69) is 13.0 Å². The lowest BCUT2D eigenvalue weighted by Crippen LogP contribution is -1.75. The second-order valence-electron chi connectivity index (χ2n) is 2.18. The quantitative estimate of drug-likeness (QED) is 0.517. The van der Waals surface area contributed by atoms with E-state index in [0.717, 1.165) is 19.3 Å². The first-order valence-electron chi connectivity index (χ1n) is 3.58. The van der Waals surface area contributed by atoms with Crippen LogP contribution in [-0.2, 0) is 0 Å². The highest BCUT2D eigenvalue weighted by molar-refractivity contribution is 4.67. The van der Waals surface area contributed by atoms with Crippen LogP contribution < -0.4 is 0 Å². The molecule has 51 valence electrons. The van der Waals surface area contributed by atoms with Crippen molar-refractivity contribution >= 4 is 0 Å². The number of hydrogen-bond donors (Lipinski definition) is 0. The van der Waals surface area contributed by atoms with Gasteiger partial charge in [-0.1, -0.05) is 32.6 Å². The van der Waals surface area contributed by atoms with Crippen LogP contribution in [0.3, 0.4) is 0 Å². The summed E-state index contributed by atoms with van der Waals surface area (Å²) < 4.78 is 0. The Morgan fingerprint density at radius 1 is 1.11 bits per heavy atom. The molecule has 0 heterocycles. The van der Waals surface area contributed by atoms with Crippen LogP contribution in [0.2, 0.25) is 0 Å². The van der Waals surface area contributed by atoms with Gasteiger partial charge in [0.2, 0.25) is 0 Å². The Balaban J connectivity index is 2.69. The average Bonchev–Trinajstić information content (AvgIpc) is 1.89. The molecular formula is C8H14N. The summed E-state index contributed by atoms with van der Waals surface area (Å²) in [7, 11) is 0. The van der Waals surface area contributed by atoms with Crippen LogP contribution >= 0.6 is 0 Å². The molecule has 0 rings (SSSR count). The van der Waals surface area contributed by atoms with E-state index in [1.807, 2.05) is 0 Å². The fourth-order valence-corrected chi connectivity index (χ4v) is 0.734. The standard InChI is InChI=1S/C8H14N/c1-2-3-4-5-6-7-8-9/h1-7H2. The van der Waals surface area contributed by atoms with Gasteiger partial charge in [-0.25, -0.2) is 0 Å². The van der Waals surface area contributed by atoms with Crippen molar-refractivity contribution in [2.75, 3.05) is 0 Å². The minimum atomic E-state index is 0.719. The Morgan fingerprint density at radius 3 is 2.33 bits per heavy atom. The van der Waals surface area contributed by atoms with Crippen molar-refractivity contribution in [3.8, 4) is 6.07 Å². The Morgan fingerprint density at radius 2 is 1.78 bits per heavy atom. The molecule has 0 unspecified atom stereocenters. The van der Waals surface area contributed by atoms with Crippen LogP contribution in [0.4, 0.5) is 0 Å². The summed E-state index contributed by atoms with van der Waals surface area (Å²) in [5, 5.41) is 8.16. The van der Waals surface area contributed by atoms with E-state index >= 15 is 0 Å². The molecule has 0 N–H and O–H groups in total. The van der Waals surface area contributed by atoms with Crippen molar-refractivity contribution in [2.45, 2.75) is 38.5 Å². The third-order valence-corrected chi connectivity index (χ3v) is 1.29. The molecule has 9 heavy (non-hydrogen) atoms. The van der Waals surface area contributed by atoms with Crippen LogP contribution in [0.15, 0.2) is 0 Å². The molecule has 1 heteroatoms. The highest BCUT2D eigenvalue weighted by atomic mass is 14.2. The predicted molar refractivity (Wildman–Crippen MR) is 38.7 cm³/mol. The van der Waals surface area contributed by atoms with E-state index in [4.69, 9.17) is 5.26 Å². The van der Waals surface area contributed by atoms with Crippen molar-refractivity contribution in [1.29, 1.82) is 5.26 Å². The van der Waals surface area contributed by atoms with E-state index in [1.54, 1.807) is 0 Å². The Labute approximate surface area is 57.7 Å². The molecule has 0 saturated carbocycles. The molecule has 0 amide bonds. The first-order chi connectivity index (χ1) is 4.41. The van der Waals surface area contributed by atoms with Crippen molar-refractivity contribution in [3.05, 3.63) is 6.92 Å². The minimum absolute atomic E-state index is 0.719. The molecule has 0 atom stereocenters. The lowest BCUT2D eigenvalue weighted by Gasteiger charge is -1.92. The zero-order chi connectivity index (χ0) is 6.95. The smallest absolute Gasteiger partial charge is 0.0621 e. The van der Waals surface area contributed by atoms with Gasteiger partial charge in [-0.15, -0.1) is 0 Å². The van der Waals surface area contributed by atoms with Crippen molar-refractivity contribution in [3.63, 3.8) is 0 Å². The fraction of sp³-hybridized carbons (Fsp3) is 0.750. The summed E-state index contributed by atoms with van der Waals surface area (Å²) in [6, 6.07) is 2.13. The van der Waals surface area contributed by atoms with Crippen LogP contribution in [0, 0.1) is 18.3 Å². The molecule has 0 aliphatic rings. The molecule has 0 bridgehead atoms. The second kappa shape index (κ2) is 7.49. The Hall–Kier alpha value is -0.510. The van der Waals surface area contributed by atoms with E-state index in [9.17, 15) is 0 Å². The van der Waals surface area contributed by atoms with Crippen LogP contribution in [-0.4, -0.2) is 0 Å². The number of unbranched alkanes of at least 4 members (excludes halogenated alkanes) is 5. The van der Waals surface area contributed by atoms with Gasteiger partial charge in [0.05, 0.1) is 6.07 Å². The maximum absolute atomic E-state index is 8.16. The normalized spacial score (nSPS) is 8.89. The molecule has 0 spiro atoms. The Bertz CT molecular complexity index is 81.1. The number of nitrogens with zero attached hydrogens (tertiary/aromatic N) is 1. The molecule has 0 saturated heterocycles. The van der Waals surface area contributed by atoms with Crippen molar-refractivity contribution < 1.29 is 0 Å². The van der Waals surface area contributed by atoms with Crippen LogP contribution in [0.1, 0.15) is 38.5 Å². The van der Waals surface area contributed by atoms with Gasteiger partial charge in [0.25, 0.3) is 0 Å². The zero-order valence-electron chi connectivity index (χ0n) is 5.90. The molecule has 0 fully saturated rings. The highest BCUT2D eigenvalue weighted by Gasteiger charge is 1.85. The van der Waals surface area contributed by atoms with Gasteiger partial charge in [-0.2, -0.15) is 5.26 Å². The molecule has 0 aromatic carbocycles. The fourth-order valence-electron chi connectivity index (χ4n) is 0.734. The summed E-state index contributed by atoms with van der Waals surface area (Å²) in [5.41, 5.74) is 0. The average molecular weight is 124 g/mol. The molecule has 0 aliphatic heterocycles. The lowest BCUT2D eigenvalue weighted by molar-refractivity contribution is 0.654. The van der Waals surface area contributed by atoms with Gasteiger partial charge in [0.1, 0.15) is 0 Å². The van der Waals surface area contributed by atoms with Gasteiger partial charge in [0.15, 0.2) is 0 Å². The monoisotopic (exact) mass is 124 g/mol. The van der Waals surface area contributed by atoms with Gasteiger partial charge >= 0.3 is 0 Å². The highest BCUT2D eigenvalue weighted by Crippen LogP contribution is 2.03.